The van der Waals surface area contributed by atoms with Crippen LogP contribution in [0.3, 0.4) is 0 Å². The van der Waals surface area contributed by atoms with Gasteiger partial charge in [-0.2, -0.15) is 0 Å². The third-order valence-corrected chi connectivity index (χ3v) is 2.93. The van der Waals surface area contributed by atoms with Gasteiger partial charge in [0.15, 0.2) is 6.79 Å². The normalized spacial score (nSPS) is 10.3. The van der Waals surface area contributed by atoms with Crippen LogP contribution in [0.25, 0.3) is 0 Å². The van der Waals surface area contributed by atoms with Gasteiger partial charge in [-0.3, -0.25) is 4.98 Å². The summed E-state index contributed by atoms with van der Waals surface area (Å²) in [7, 11) is 0. The highest BCUT2D eigenvalue weighted by atomic mass is 79.9. The summed E-state index contributed by atoms with van der Waals surface area (Å²) in [5.41, 5.74) is 2.11. The van der Waals surface area contributed by atoms with Crippen LogP contribution in [0.15, 0.2) is 48.7 Å². The van der Waals surface area contributed by atoms with E-state index in [0.29, 0.717) is 12.4 Å². The maximum Gasteiger partial charge on any atom is 0.189 e. The zero-order chi connectivity index (χ0) is 12.6. The van der Waals surface area contributed by atoms with Crippen molar-refractivity contribution in [1.82, 2.24) is 4.98 Å². The minimum Gasteiger partial charge on any atom is -0.466 e. The van der Waals surface area contributed by atoms with Crippen LogP contribution in [0.1, 0.15) is 11.3 Å². The van der Waals surface area contributed by atoms with Gasteiger partial charge in [0.1, 0.15) is 5.75 Å². The van der Waals surface area contributed by atoms with Crippen LogP contribution in [0.4, 0.5) is 0 Å². The average Bonchev–Trinajstić information content (AvgIpc) is 2.45. The Morgan fingerprint density at radius 3 is 2.56 bits per heavy atom. The molecule has 0 saturated carbocycles. The van der Waals surface area contributed by atoms with Crippen molar-refractivity contribution in [3.8, 4) is 5.75 Å². The fourth-order valence-corrected chi connectivity index (χ4v) is 1.75. The lowest BCUT2D eigenvalue weighted by molar-refractivity contribution is 0.00484. The second-order valence-corrected chi connectivity index (χ2v) is 4.28. The number of ether oxygens (including phenoxy) is 2. The molecule has 1 heterocycles. The van der Waals surface area contributed by atoms with Crippen molar-refractivity contribution in [3.63, 3.8) is 0 Å². The fraction of sp³-hybridized carbons (Fsp3) is 0.214. The molecule has 4 heteroatoms. The lowest BCUT2D eigenvalue weighted by Crippen LogP contribution is -2.03. The number of nitrogens with zero attached hydrogens (tertiary/aromatic N) is 1. The topological polar surface area (TPSA) is 31.4 Å². The minimum atomic E-state index is 0.226. The molecular formula is C14H14BrNO2. The maximum atomic E-state index is 5.43. The van der Waals surface area contributed by atoms with E-state index in [0.717, 1.165) is 16.6 Å². The van der Waals surface area contributed by atoms with Crippen molar-refractivity contribution in [2.45, 2.75) is 11.9 Å². The first-order chi connectivity index (χ1) is 8.88. The predicted octanol–water partition coefficient (Wildman–Crippen LogP) is 3.53. The number of halogens is 1. The van der Waals surface area contributed by atoms with Gasteiger partial charge in [0.05, 0.1) is 18.5 Å². The Morgan fingerprint density at radius 1 is 1.06 bits per heavy atom. The zero-order valence-corrected chi connectivity index (χ0v) is 11.5. The van der Waals surface area contributed by atoms with Crippen LogP contribution in [0.5, 0.6) is 5.75 Å². The molecule has 18 heavy (non-hydrogen) atoms. The second kappa shape index (κ2) is 7.13. The number of hydrogen-bond donors (Lipinski definition) is 0. The molecular weight excluding hydrogens is 294 g/mol. The van der Waals surface area contributed by atoms with E-state index < -0.39 is 0 Å². The van der Waals surface area contributed by atoms with Gasteiger partial charge in [-0.15, -0.1) is 0 Å². The van der Waals surface area contributed by atoms with Crippen molar-refractivity contribution >= 4 is 15.9 Å². The molecule has 0 spiro atoms. The van der Waals surface area contributed by atoms with E-state index in [9.17, 15) is 0 Å². The summed E-state index contributed by atoms with van der Waals surface area (Å²) in [6.45, 7) is 0.776. The monoisotopic (exact) mass is 307 g/mol. The average molecular weight is 308 g/mol. The van der Waals surface area contributed by atoms with E-state index in [2.05, 4.69) is 20.9 Å². The van der Waals surface area contributed by atoms with Crippen LogP contribution in [0, 0.1) is 0 Å². The summed E-state index contributed by atoms with van der Waals surface area (Å²) in [6.07, 6.45) is 1.70. The van der Waals surface area contributed by atoms with Crippen molar-refractivity contribution < 1.29 is 9.47 Å². The summed E-state index contributed by atoms with van der Waals surface area (Å²) in [4.78, 5) is 4.21. The second-order valence-electron chi connectivity index (χ2n) is 3.72. The number of aromatic nitrogens is 1. The van der Waals surface area contributed by atoms with Gasteiger partial charge in [-0.1, -0.05) is 46.3 Å². The number of alkyl halides is 1. The summed E-state index contributed by atoms with van der Waals surface area (Å²) in [5, 5.41) is 0.748. The zero-order valence-electron chi connectivity index (χ0n) is 9.88. The standard InChI is InChI=1S/C14H14BrNO2/c15-8-13-6-7-14(9-16-13)18-11-17-10-12-4-2-1-3-5-12/h1-7,9H,8,10-11H2. The highest BCUT2D eigenvalue weighted by Crippen LogP contribution is 2.11. The molecule has 1 aromatic heterocycles. The Morgan fingerprint density at radius 2 is 1.89 bits per heavy atom. The minimum absolute atomic E-state index is 0.226. The van der Waals surface area contributed by atoms with E-state index in [1.54, 1.807) is 6.20 Å². The molecule has 2 rings (SSSR count). The van der Waals surface area contributed by atoms with Gasteiger partial charge >= 0.3 is 0 Å². The fourth-order valence-electron chi connectivity index (χ4n) is 1.42. The lowest BCUT2D eigenvalue weighted by Gasteiger charge is -2.07. The number of pyridine rings is 1. The van der Waals surface area contributed by atoms with Gasteiger partial charge < -0.3 is 9.47 Å². The number of benzene rings is 1. The predicted molar refractivity (Wildman–Crippen MR) is 73.6 cm³/mol. The van der Waals surface area contributed by atoms with Gasteiger partial charge in [0.2, 0.25) is 0 Å². The van der Waals surface area contributed by atoms with Crippen LogP contribution in [0.2, 0.25) is 0 Å². The summed E-state index contributed by atoms with van der Waals surface area (Å²) in [5.74, 6) is 0.716. The highest BCUT2D eigenvalue weighted by molar-refractivity contribution is 9.08. The maximum absolute atomic E-state index is 5.43. The number of hydrogen-bond acceptors (Lipinski definition) is 3. The highest BCUT2D eigenvalue weighted by Gasteiger charge is 1.96. The Balaban J connectivity index is 1.72. The Hall–Kier alpha value is -1.39. The molecule has 0 atom stereocenters. The molecule has 1 aromatic carbocycles. The molecule has 0 bridgehead atoms. The molecule has 0 aliphatic carbocycles. The van der Waals surface area contributed by atoms with E-state index in [1.165, 1.54) is 0 Å². The van der Waals surface area contributed by atoms with Gasteiger partial charge in [0.25, 0.3) is 0 Å². The van der Waals surface area contributed by atoms with Gasteiger partial charge in [-0.25, -0.2) is 0 Å². The van der Waals surface area contributed by atoms with Crippen LogP contribution < -0.4 is 4.74 Å². The van der Waals surface area contributed by atoms with Crippen LogP contribution in [-0.4, -0.2) is 11.8 Å². The molecule has 94 valence electrons. The van der Waals surface area contributed by atoms with Crippen molar-refractivity contribution in [2.75, 3.05) is 6.79 Å². The Kier molecular flexibility index (Phi) is 5.17. The summed E-state index contributed by atoms with van der Waals surface area (Å²) >= 11 is 3.34. The molecule has 2 aromatic rings. The first-order valence-electron chi connectivity index (χ1n) is 5.64. The third-order valence-electron chi connectivity index (χ3n) is 2.35. The molecule has 0 aliphatic rings. The SMILES string of the molecule is BrCc1ccc(OCOCc2ccccc2)cn1. The third kappa shape index (κ3) is 4.13. The molecule has 0 N–H and O–H groups in total. The van der Waals surface area contributed by atoms with Crippen LogP contribution >= 0.6 is 15.9 Å². The van der Waals surface area contributed by atoms with E-state index in [1.807, 2.05) is 42.5 Å². The lowest BCUT2D eigenvalue weighted by atomic mass is 10.2. The van der Waals surface area contributed by atoms with E-state index >= 15 is 0 Å². The first kappa shape index (κ1) is 13.1. The summed E-state index contributed by atoms with van der Waals surface area (Å²) in [6, 6.07) is 13.8. The quantitative estimate of drug-likeness (QED) is 0.465. The largest absolute Gasteiger partial charge is 0.466 e. The molecule has 0 radical (unpaired) electrons. The van der Waals surface area contributed by atoms with Crippen LogP contribution in [-0.2, 0) is 16.7 Å². The van der Waals surface area contributed by atoms with E-state index in [4.69, 9.17) is 9.47 Å². The van der Waals surface area contributed by atoms with Crippen molar-refractivity contribution in [2.24, 2.45) is 0 Å². The van der Waals surface area contributed by atoms with E-state index in [-0.39, 0.29) is 6.79 Å². The van der Waals surface area contributed by atoms with Crippen molar-refractivity contribution in [3.05, 3.63) is 59.9 Å². The smallest absolute Gasteiger partial charge is 0.189 e. The summed E-state index contributed by atoms with van der Waals surface area (Å²) < 4.78 is 10.8. The molecule has 0 aliphatic heterocycles. The Labute approximate surface area is 115 Å². The Bertz CT molecular complexity index is 459. The first-order valence-corrected chi connectivity index (χ1v) is 6.76. The molecule has 0 saturated heterocycles. The molecule has 0 amide bonds. The number of rotatable bonds is 6. The molecule has 0 fully saturated rings. The molecule has 3 nitrogen and oxygen atoms in total. The van der Waals surface area contributed by atoms with Gasteiger partial charge in [0, 0.05) is 5.33 Å². The van der Waals surface area contributed by atoms with Gasteiger partial charge in [-0.05, 0) is 17.7 Å². The van der Waals surface area contributed by atoms with Crippen molar-refractivity contribution in [1.29, 1.82) is 0 Å². The molecule has 0 unspecified atom stereocenters.